The molecule has 2 unspecified atom stereocenters. The third kappa shape index (κ3) is 1.89. The minimum Gasteiger partial charge on any atom is -0.357 e. The largest absolute Gasteiger partial charge is 0.357 e. The first-order valence-electron chi connectivity index (χ1n) is 4.36. The number of hydrogen-bond donors (Lipinski definition) is 1. The summed E-state index contributed by atoms with van der Waals surface area (Å²) in [5.41, 5.74) is -1.68. The van der Waals surface area contributed by atoms with Gasteiger partial charge in [0.15, 0.2) is 6.23 Å². The molecule has 2 atom stereocenters. The molecule has 15 heavy (non-hydrogen) atoms. The minimum absolute atomic E-state index is 0.0551. The van der Waals surface area contributed by atoms with Crippen LogP contribution in [0.25, 0.3) is 0 Å². The van der Waals surface area contributed by atoms with Crippen molar-refractivity contribution in [1.29, 1.82) is 0 Å². The molecule has 82 valence electrons. The van der Waals surface area contributed by atoms with Crippen LogP contribution in [0.3, 0.4) is 0 Å². The van der Waals surface area contributed by atoms with Gasteiger partial charge in [0.2, 0.25) is 5.82 Å². The average molecular weight is 279 g/mol. The summed E-state index contributed by atoms with van der Waals surface area (Å²) in [4.78, 5) is 24.0. The highest BCUT2D eigenvalue weighted by molar-refractivity contribution is 9.09. The van der Waals surface area contributed by atoms with Crippen LogP contribution in [-0.2, 0) is 4.74 Å². The second-order valence-electron chi connectivity index (χ2n) is 3.21. The number of H-pyrrole nitrogens is 1. The molecule has 0 spiro atoms. The molecule has 0 radical (unpaired) electrons. The summed E-state index contributed by atoms with van der Waals surface area (Å²) >= 11 is 3.32. The Morgan fingerprint density at radius 2 is 2.33 bits per heavy atom. The zero-order valence-corrected chi connectivity index (χ0v) is 9.16. The van der Waals surface area contributed by atoms with Crippen LogP contribution < -0.4 is 11.2 Å². The predicted molar refractivity (Wildman–Crippen MR) is 53.6 cm³/mol. The van der Waals surface area contributed by atoms with Gasteiger partial charge in [-0.15, -0.1) is 0 Å². The topological polar surface area (TPSA) is 64.1 Å². The molecule has 0 aromatic carbocycles. The Hall–Kier alpha value is -0.950. The van der Waals surface area contributed by atoms with E-state index in [0.29, 0.717) is 6.61 Å². The highest BCUT2D eigenvalue weighted by Crippen LogP contribution is 2.28. The van der Waals surface area contributed by atoms with Gasteiger partial charge in [-0.2, -0.15) is 4.39 Å². The van der Waals surface area contributed by atoms with Gasteiger partial charge in [-0.05, 0) is 6.42 Å². The average Bonchev–Trinajstić information content (AvgIpc) is 2.58. The van der Waals surface area contributed by atoms with E-state index in [1.165, 1.54) is 0 Å². The predicted octanol–water partition coefficient (Wildman–Crippen LogP) is 0.358. The molecule has 5 nitrogen and oxygen atoms in total. The molecule has 7 heteroatoms. The summed E-state index contributed by atoms with van der Waals surface area (Å²) in [5, 5.41) is 0. The lowest BCUT2D eigenvalue weighted by molar-refractivity contribution is 0.0549. The summed E-state index contributed by atoms with van der Waals surface area (Å²) in [7, 11) is 0. The molecule has 0 amide bonds. The van der Waals surface area contributed by atoms with Gasteiger partial charge in [-0.25, -0.2) is 4.79 Å². The summed E-state index contributed by atoms with van der Waals surface area (Å²) in [6, 6.07) is 0. The fraction of sp³-hybridized carbons (Fsp3) is 0.500. The standard InChI is InChI=1S/C8H8BrFN2O3/c9-4-1-2-15-7(4)12-3-5(10)6(13)11-8(12)14/h3-4,7H,1-2H2,(H,11,13,14). The van der Waals surface area contributed by atoms with Crippen LogP contribution in [-0.4, -0.2) is 21.0 Å². The molecule has 1 saturated heterocycles. The van der Waals surface area contributed by atoms with Crippen molar-refractivity contribution in [3.05, 3.63) is 32.9 Å². The maximum atomic E-state index is 13.0. The van der Waals surface area contributed by atoms with E-state index in [1.54, 1.807) is 0 Å². The summed E-state index contributed by atoms with van der Waals surface area (Å²) < 4.78 is 19.3. The molecule has 0 bridgehead atoms. The number of halogens is 2. The molecule has 0 saturated carbocycles. The van der Waals surface area contributed by atoms with Crippen molar-refractivity contribution in [3.8, 4) is 0 Å². The zero-order chi connectivity index (χ0) is 11.0. The number of ether oxygens (including phenoxy) is 1. The van der Waals surface area contributed by atoms with Crippen molar-refractivity contribution in [2.75, 3.05) is 6.61 Å². The molecule has 1 aromatic heterocycles. The van der Waals surface area contributed by atoms with Crippen molar-refractivity contribution in [2.45, 2.75) is 17.5 Å². The molecular weight excluding hydrogens is 271 g/mol. The third-order valence-electron chi connectivity index (χ3n) is 2.19. The first kappa shape index (κ1) is 10.6. The number of rotatable bonds is 1. The molecule has 1 fully saturated rings. The van der Waals surface area contributed by atoms with Crippen molar-refractivity contribution >= 4 is 15.9 Å². The lowest BCUT2D eigenvalue weighted by Crippen LogP contribution is -2.35. The summed E-state index contributed by atoms with van der Waals surface area (Å²) in [6.07, 6.45) is 1.03. The van der Waals surface area contributed by atoms with E-state index in [9.17, 15) is 14.0 Å². The highest BCUT2D eigenvalue weighted by Gasteiger charge is 2.28. The first-order valence-corrected chi connectivity index (χ1v) is 5.28. The lowest BCUT2D eigenvalue weighted by Gasteiger charge is -2.15. The Kier molecular flexibility index (Phi) is 2.74. The van der Waals surface area contributed by atoms with Gasteiger partial charge in [0.25, 0.3) is 5.56 Å². The van der Waals surface area contributed by atoms with Gasteiger partial charge >= 0.3 is 5.69 Å². The zero-order valence-electron chi connectivity index (χ0n) is 7.57. The van der Waals surface area contributed by atoms with Crippen LogP contribution >= 0.6 is 15.9 Å². The molecule has 1 aromatic rings. The second-order valence-corrected chi connectivity index (χ2v) is 4.39. The maximum Gasteiger partial charge on any atom is 0.330 e. The van der Waals surface area contributed by atoms with Crippen LogP contribution in [0.4, 0.5) is 4.39 Å². The van der Waals surface area contributed by atoms with Crippen molar-refractivity contribution in [1.82, 2.24) is 9.55 Å². The normalized spacial score (nSPS) is 25.7. The van der Waals surface area contributed by atoms with E-state index in [1.807, 2.05) is 4.98 Å². The van der Waals surface area contributed by atoms with E-state index in [4.69, 9.17) is 4.74 Å². The number of nitrogens with zero attached hydrogens (tertiary/aromatic N) is 1. The fourth-order valence-corrected chi connectivity index (χ4v) is 2.05. The second kappa shape index (κ2) is 3.90. The quantitative estimate of drug-likeness (QED) is 0.755. The fourth-order valence-electron chi connectivity index (χ4n) is 1.45. The van der Waals surface area contributed by atoms with E-state index in [2.05, 4.69) is 15.9 Å². The summed E-state index contributed by atoms with van der Waals surface area (Å²) in [5.74, 6) is -0.996. The number of hydrogen-bond acceptors (Lipinski definition) is 3. The Morgan fingerprint density at radius 3 is 2.93 bits per heavy atom. The van der Waals surface area contributed by atoms with Crippen LogP contribution in [0.5, 0.6) is 0 Å². The van der Waals surface area contributed by atoms with Crippen LogP contribution in [0.15, 0.2) is 15.8 Å². The van der Waals surface area contributed by atoms with Gasteiger partial charge in [0, 0.05) is 0 Å². The van der Waals surface area contributed by atoms with Gasteiger partial charge in [0.1, 0.15) is 0 Å². The molecule has 1 N–H and O–H groups in total. The molecule has 1 aliphatic rings. The van der Waals surface area contributed by atoms with E-state index >= 15 is 0 Å². The SMILES string of the molecule is O=c1[nH]c(=O)n(C2OCCC2Br)cc1F. The highest BCUT2D eigenvalue weighted by atomic mass is 79.9. The number of nitrogens with one attached hydrogen (secondary N) is 1. The molecule has 2 heterocycles. The summed E-state index contributed by atoms with van der Waals surface area (Å²) in [6.45, 7) is 0.494. The van der Waals surface area contributed by atoms with Crippen molar-refractivity contribution in [3.63, 3.8) is 0 Å². The third-order valence-corrected chi connectivity index (χ3v) is 3.10. The number of aromatic amines is 1. The van der Waals surface area contributed by atoms with Gasteiger partial charge in [-0.3, -0.25) is 14.3 Å². The van der Waals surface area contributed by atoms with Gasteiger partial charge in [0.05, 0.1) is 17.6 Å². The lowest BCUT2D eigenvalue weighted by atomic mass is 10.3. The Balaban J connectivity index is 2.48. The number of aromatic nitrogens is 2. The molecule has 0 aliphatic carbocycles. The van der Waals surface area contributed by atoms with Crippen molar-refractivity contribution < 1.29 is 9.13 Å². The molecule has 2 rings (SSSR count). The Bertz CT molecular complexity index is 484. The molecular formula is C8H8BrFN2O3. The first-order chi connectivity index (χ1) is 7.09. The van der Waals surface area contributed by atoms with E-state index in [0.717, 1.165) is 17.2 Å². The van der Waals surface area contributed by atoms with Gasteiger partial charge in [-0.1, -0.05) is 15.9 Å². The monoisotopic (exact) mass is 278 g/mol. The van der Waals surface area contributed by atoms with Gasteiger partial charge < -0.3 is 4.74 Å². The van der Waals surface area contributed by atoms with E-state index < -0.39 is 23.3 Å². The van der Waals surface area contributed by atoms with Crippen LogP contribution in [0.2, 0.25) is 0 Å². The van der Waals surface area contributed by atoms with Crippen LogP contribution in [0.1, 0.15) is 12.6 Å². The smallest absolute Gasteiger partial charge is 0.330 e. The van der Waals surface area contributed by atoms with Crippen molar-refractivity contribution in [2.24, 2.45) is 0 Å². The number of alkyl halides is 1. The minimum atomic E-state index is -1.01. The van der Waals surface area contributed by atoms with Crippen LogP contribution in [0, 0.1) is 5.82 Å². The Labute approximate surface area is 92.0 Å². The molecule has 1 aliphatic heterocycles. The maximum absolute atomic E-state index is 13.0. The van der Waals surface area contributed by atoms with E-state index in [-0.39, 0.29) is 4.83 Å². The Morgan fingerprint density at radius 1 is 1.60 bits per heavy atom.